The summed E-state index contributed by atoms with van der Waals surface area (Å²) in [4.78, 5) is 12.0. The largest absolute Gasteiger partial charge is 0.493 e. The van der Waals surface area contributed by atoms with Gasteiger partial charge < -0.3 is 14.8 Å². The lowest BCUT2D eigenvalue weighted by atomic mass is 10.2. The van der Waals surface area contributed by atoms with Crippen LogP contribution in [-0.4, -0.2) is 45.1 Å². The van der Waals surface area contributed by atoms with Gasteiger partial charge in [-0.2, -0.15) is 0 Å². The number of hydrogen-bond donors (Lipinski definition) is 1. The number of sulfone groups is 1. The van der Waals surface area contributed by atoms with Crippen LogP contribution in [0.2, 0.25) is 0 Å². The van der Waals surface area contributed by atoms with E-state index in [4.69, 9.17) is 9.47 Å². The highest BCUT2D eigenvalue weighted by molar-refractivity contribution is 7.91. The SMILES string of the molecule is COc1ccccc1OC(C)C(=O)NC1CCS(=O)(=O)C1. The van der Waals surface area contributed by atoms with Gasteiger partial charge in [-0.25, -0.2) is 8.42 Å². The van der Waals surface area contributed by atoms with Gasteiger partial charge in [-0.15, -0.1) is 0 Å². The monoisotopic (exact) mass is 313 g/mol. The Morgan fingerprint density at radius 2 is 2.00 bits per heavy atom. The standard InChI is InChI=1S/C14H19NO5S/c1-10(20-13-6-4-3-5-12(13)19-2)14(16)15-11-7-8-21(17,18)9-11/h3-6,10-11H,7-9H2,1-2H3,(H,15,16). The van der Waals surface area contributed by atoms with Crippen LogP contribution in [0.15, 0.2) is 24.3 Å². The maximum Gasteiger partial charge on any atom is 0.261 e. The van der Waals surface area contributed by atoms with Crippen molar-refractivity contribution in [1.82, 2.24) is 5.32 Å². The van der Waals surface area contributed by atoms with Crippen molar-refractivity contribution in [2.45, 2.75) is 25.5 Å². The number of carbonyl (C=O) groups is 1. The molecule has 2 unspecified atom stereocenters. The lowest BCUT2D eigenvalue weighted by Gasteiger charge is -2.18. The van der Waals surface area contributed by atoms with Crippen molar-refractivity contribution >= 4 is 15.7 Å². The third kappa shape index (κ3) is 4.10. The summed E-state index contributed by atoms with van der Waals surface area (Å²) in [6, 6.07) is 6.71. The van der Waals surface area contributed by atoms with Gasteiger partial charge in [-0.3, -0.25) is 4.79 Å². The van der Waals surface area contributed by atoms with Crippen molar-refractivity contribution in [2.24, 2.45) is 0 Å². The summed E-state index contributed by atoms with van der Waals surface area (Å²) in [7, 11) is -1.49. The number of ether oxygens (including phenoxy) is 2. The summed E-state index contributed by atoms with van der Waals surface area (Å²) in [6.45, 7) is 1.62. The van der Waals surface area contributed by atoms with Crippen molar-refractivity contribution in [2.75, 3.05) is 18.6 Å². The molecule has 2 rings (SSSR count). The fourth-order valence-corrected chi connectivity index (χ4v) is 3.86. The second kappa shape index (κ2) is 6.34. The maximum absolute atomic E-state index is 12.0. The van der Waals surface area contributed by atoms with Gasteiger partial charge >= 0.3 is 0 Å². The molecule has 0 aliphatic carbocycles. The number of benzene rings is 1. The molecule has 1 aliphatic heterocycles. The Kier molecular flexibility index (Phi) is 4.72. The van der Waals surface area contributed by atoms with Crippen LogP contribution in [0.5, 0.6) is 11.5 Å². The van der Waals surface area contributed by atoms with E-state index in [0.29, 0.717) is 17.9 Å². The number of methoxy groups -OCH3 is 1. The number of hydrogen-bond acceptors (Lipinski definition) is 5. The Balaban J connectivity index is 1.94. The summed E-state index contributed by atoms with van der Waals surface area (Å²) in [5, 5.41) is 2.71. The molecule has 0 aromatic heterocycles. The molecule has 1 saturated heterocycles. The minimum atomic E-state index is -3.01. The highest BCUT2D eigenvalue weighted by Gasteiger charge is 2.30. The molecule has 1 aromatic carbocycles. The van der Waals surface area contributed by atoms with Gasteiger partial charge in [0.05, 0.1) is 18.6 Å². The van der Waals surface area contributed by atoms with Crippen LogP contribution in [0.4, 0.5) is 0 Å². The predicted octanol–water partition coefficient (Wildman–Crippen LogP) is 0.766. The smallest absolute Gasteiger partial charge is 0.261 e. The van der Waals surface area contributed by atoms with E-state index in [-0.39, 0.29) is 23.5 Å². The number of carbonyl (C=O) groups excluding carboxylic acids is 1. The Morgan fingerprint density at radius 3 is 2.57 bits per heavy atom. The molecule has 1 aliphatic rings. The first-order valence-corrected chi connectivity index (χ1v) is 8.54. The first-order chi connectivity index (χ1) is 9.91. The maximum atomic E-state index is 12.0. The van der Waals surface area contributed by atoms with Crippen LogP contribution in [0.1, 0.15) is 13.3 Å². The molecule has 1 amide bonds. The third-order valence-electron chi connectivity index (χ3n) is 3.32. The van der Waals surface area contributed by atoms with E-state index in [1.165, 1.54) is 7.11 Å². The van der Waals surface area contributed by atoms with Crippen LogP contribution in [0.25, 0.3) is 0 Å². The summed E-state index contributed by atoms with van der Waals surface area (Å²) in [5.41, 5.74) is 0. The van der Waals surface area contributed by atoms with Crippen molar-refractivity contribution < 1.29 is 22.7 Å². The number of rotatable bonds is 5. The highest BCUT2D eigenvalue weighted by atomic mass is 32.2. The van der Waals surface area contributed by atoms with E-state index in [0.717, 1.165) is 0 Å². The second-order valence-electron chi connectivity index (χ2n) is 5.02. The Morgan fingerprint density at radius 1 is 1.33 bits per heavy atom. The Hall–Kier alpha value is -1.76. The predicted molar refractivity (Wildman–Crippen MR) is 78.3 cm³/mol. The van der Waals surface area contributed by atoms with Crippen molar-refractivity contribution in [1.29, 1.82) is 0 Å². The summed E-state index contributed by atoms with van der Waals surface area (Å²) < 4.78 is 33.5. The molecule has 1 aromatic rings. The minimum Gasteiger partial charge on any atom is -0.493 e. The molecule has 0 saturated carbocycles. The lowest BCUT2D eigenvalue weighted by Crippen LogP contribution is -2.43. The van der Waals surface area contributed by atoms with Gasteiger partial charge in [0.1, 0.15) is 0 Å². The molecule has 7 heteroatoms. The van der Waals surface area contributed by atoms with Gasteiger partial charge in [0.25, 0.3) is 5.91 Å². The zero-order valence-electron chi connectivity index (χ0n) is 12.0. The third-order valence-corrected chi connectivity index (χ3v) is 5.09. The van der Waals surface area contributed by atoms with Gasteiger partial charge in [-0.1, -0.05) is 12.1 Å². The highest BCUT2D eigenvalue weighted by Crippen LogP contribution is 2.26. The van der Waals surface area contributed by atoms with Crippen LogP contribution >= 0.6 is 0 Å². The van der Waals surface area contributed by atoms with E-state index in [9.17, 15) is 13.2 Å². The normalized spacial score (nSPS) is 21.5. The van der Waals surface area contributed by atoms with Crippen LogP contribution in [0, 0.1) is 0 Å². The zero-order chi connectivity index (χ0) is 15.5. The summed E-state index contributed by atoms with van der Waals surface area (Å²) in [5.74, 6) is 0.810. The molecule has 0 bridgehead atoms. The number of para-hydroxylation sites is 2. The van der Waals surface area contributed by atoms with Crippen LogP contribution in [-0.2, 0) is 14.6 Å². The van der Waals surface area contributed by atoms with Gasteiger partial charge in [0.2, 0.25) is 0 Å². The van der Waals surface area contributed by atoms with Crippen LogP contribution < -0.4 is 14.8 Å². The molecule has 1 fully saturated rings. The average Bonchev–Trinajstić information content (AvgIpc) is 2.78. The van der Waals surface area contributed by atoms with E-state index in [2.05, 4.69) is 5.32 Å². The zero-order valence-corrected chi connectivity index (χ0v) is 12.9. The van der Waals surface area contributed by atoms with Gasteiger partial charge in [-0.05, 0) is 25.5 Å². The van der Waals surface area contributed by atoms with E-state index in [1.807, 2.05) is 0 Å². The average molecular weight is 313 g/mol. The first kappa shape index (κ1) is 15.6. The fourth-order valence-electron chi connectivity index (χ4n) is 2.19. The summed E-state index contributed by atoms with van der Waals surface area (Å²) in [6.07, 6.45) is -0.278. The Bertz CT molecular complexity index is 614. The van der Waals surface area contributed by atoms with Crippen molar-refractivity contribution in [3.8, 4) is 11.5 Å². The molecular weight excluding hydrogens is 294 g/mol. The minimum absolute atomic E-state index is 0.000117. The molecular formula is C14H19NO5S. The number of amides is 1. The molecule has 1 N–H and O–H groups in total. The molecule has 2 atom stereocenters. The van der Waals surface area contributed by atoms with E-state index < -0.39 is 15.9 Å². The first-order valence-electron chi connectivity index (χ1n) is 6.72. The van der Waals surface area contributed by atoms with E-state index >= 15 is 0 Å². The van der Waals surface area contributed by atoms with Gasteiger partial charge in [0, 0.05) is 6.04 Å². The topological polar surface area (TPSA) is 81.7 Å². The quantitative estimate of drug-likeness (QED) is 0.868. The fraction of sp³-hybridized carbons (Fsp3) is 0.500. The molecule has 0 spiro atoms. The van der Waals surface area contributed by atoms with Crippen LogP contribution in [0.3, 0.4) is 0 Å². The molecule has 0 radical (unpaired) electrons. The van der Waals surface area contributed by atoms with Crippen molar-refractivity contribution in [3.05, 3.63) is 24.3 Å². The molecule has 21 heavy (non-hydrogen) atoms. The lowest BCUT2D eigenvalue weighted by molar-refractivity contribution is -0.127. The Labute approximate surface area is 124 Å². The molecule has 6 nitrogen and oxygen atoms in total. The molecule has 1 heterocycles. The second-order valence-corrected chi connectivity index (χ2v) is 7.25. The van der Waals surface area contributed by atoms with E-state index in [1.54, 1.807) is 31.2 Å². The number of nitrogens with one attached hydrogen (secondary N) is 1. The van der Waals surface area contributed by atoms with Crippen molar-refractivity contribution in [3.63, 3.8) is 0 Å². The molecule has 116 valence electrons. The van der Waals surface area contributed by atoms with Gasteiger partial charge in [0.15, 0.2) is 27.4 Å². The summed E-state index contributed by atoms with van der Waals surface area (Å²) >= 11 is 0.